The summed E-state index contributed by atoms with van der Waals surface area (Å²) < 4.78 is 44.0. The Morgan fingerprint density at radius 1 is 1.00 bits per heavy atom. The highest BCUT2D eigenvalue weighted by molar-refractivity contribution is 7.89. The second-order valence-electron chi connectivity index (χ2n) is 5.50. The van der Waals surface area contributed by atoms with Crippen LogP contribution in [-0.4, -0.2) is 25.4 Å². The molecule has 0 fully saturated rings. The van der Waals surface area contributed by atoms with E-state index in [0.717, 1.165) is 5.56 Å². The van der Waals surface area contributed by atoms with Gasteiger partial charge in [0.25, 0.3) is 0 Å². The molecule has 0 saturated heterocycles. The first-order chi connectivity index (χ1) is 13.0. The number of benzene rings is 1. The van der Waals surface area contributed by atoms with Crippen LogP contribution in [0, 0.1) is 5.82 Å². The highest BCUT2D eigenvalue weighted by atomic mass is 32.2. The van der Waals surface area contributed by atoms with Crippen LogP contribution < -0.4 is 14.8 Å². The second-order valence-corrected chi connectivity index (χ2v) is 7.39. The Balaban J connectivity index is 1.58. The summed E-state index contributed by atoms with van der Waals surface area (Å²) in [5.41, 5.74) is 0.884. The quantitative estimate of drug-likeness (QED) is 0.646. The lowest BCUT2D eigenvalue weighted by atomic mass is 10.3. The summed E-state index contributed by atoms with van der Waals surface area (Å²) in [6, 6.07) is 12.3. The molecule has 0 saturated carbocycles. The molecule has 0 radical (unpaired) electrons. The van der Waals surface area contributed by atoms with Crippen molar-refractivity contribution in [3.63, 3.8) is 0 Å². The van der Waals surface area contributed by atoms with E-state index in [0.29, 0.717) is 24.0 Å². The number of halogens is 1. The van der Waals surface area contributed by atoms with Gasteiger partial charge in [-0.25, -0.2) is 27.5 Å². The number of pyridine rings is 2. The molecule has 0 bridgehead atoms. The Morgan fingerprint density at radius 2 is 1.78 bits per heavy atom. The van der Waals surface area contributed by atoms with Crippen LogP contribution in [0.2, 0.25) is 0 Å². The van der Waals surface area contributed by atoms with Crippen LogP contribution in [0.5, 0.6) is 11.6 Å². The molecule has 0 atom stereocenters. The molecule has 7 nitrogen and oxygen atoms in total. The lowest BCUT2D eigenvalue weighted by Crippen LogP contribution is -2.18. The molecule has 2 aromatic heterocycles. The summed E-state index contributed by atoms with van der Waals surface area (Å²) >= 11 is 0. The third-order valence-electron chi connectivity index (χ3n) is 3.62. The predicted octanol–water partition coefficient (Wildman–Crippen LogP) is 2.93. The normalized spacial score (nSPS) is 11.2. The fourth-order valence-electron chi connectivity index (χ4n) is 2.15. The van der Waals surface area contributed by atoms with Crippen LogP contribution in [0.3, 0.4) is 0 Å². The van der Waals surface area contributed by atoms with Gasteiger partial charge in [-0.3, -0.25) is 0 Å². The Bertz CT molecular complexity index is 992. The summed E-state index contributed by atoms with van der Waals surface area (Å²) in [5.74, 6) is 1.10. The molecule has 0 aliphatic rings. The van der Waals surface area contributed by atoms with E-state index in [9.17, 15) is 12.8 Å². The number of hydrogen-bond acceptors (Lipinski definition) is 6. The maximum absolute atomic E-state index is 12.9. The van der Waals surface area contributed by atoms with Crippen molar-refractivity contribution in [2.75, 3.05) is 12.4 Å². The van der Waals surface area contributed by atoms with Crippen molar-refractivity contribution in [1.29, 1.82) is 0 Å². The Hall–Kier alpha value is -3.04. The average Bonchev–Trinajstić information content (AvgIpc) is 2.69. The van der Waals surface area contributed by atoms with Gasteiger partial charge in [0.2, 0.25) is 15.9 Å². The molecule has 0 aliphatic heterocycles. The molecule has 0 spiro atoms. The molecule has 0 amide bonds. The van der Waals surface area contributed by atoms with Gasteiger partial charge in [-0.05, 0) is 49.0 Å². The third-order valence-corrected chi connectivity index (χ3v) is 5.02. The summed E-state index contributed by atoms with van der Waals surface area (Å²) in [5, 5.41) is 3.08. The van der Waals surface area contributed by atoms with Crippen LogP contribution in [0.15, 0.2) is 65.8 Å². The minimum Gasteiger partial charge on any atom is -0.439 e. The van der Waals surface area contributed by atoms with E-state index in [1.54, 1.807) is 18.3 Å². The SMILES string of the molecule is CNS(=O)(=O)c1ccc(NCc2ccc(Oc3ccc(F)cc3)nc2)nc1. The molecule has 2 N–H and O–H groups in total. The predicted molar refractivity (Wildman–Crippen MR) is 98.5 cm³/mol. The molecular weight excluding hydrogens is 371 g/mol. The number of anilines is 1. The molecule has 1 aromatic carbocycles. The monoisotopic (exact) mass is 388 g/mol. The smallest absolute Gasteiger partial charge is 0.241 e. The largest absolute Gasteiger partial charge is 0.439 e. The van der Waals surface area contributed by atoms with Gasteiger partial charge in [-0.1, -0.05) is 6.07 Å². The Kier molecular flexibility index (Phi) is 5.63. The van der Waals surface area contributed by atoms with Crippen molar-refractivity contribution in [2.24, 2.45) is 0 Å². The minimum absolute atomic E-state index is 0.0968. The summed E-state index contributed by atoms with van der Waals surface area (Å²) in [6.45, 7) is 0.453. The average molecular weight is 388 g/mol. The highest BCUT2D eigenvalue weighted by Gasteiger charge is 2.11. The molecule has 140 valence electrons. The van der Waals surface area contributed by atoms with E-state index in [1.807, 2.05) is 6.07 Å². The van der Waals surface area contributed by atoms with E-state index in [4.69, 9.17) is 4.74 Å². The first-order valence-corrected chi connectivity index (χ1v) is 9.46. The number of nitrogens with one attached hydrogen (secondary N) is 2. The zero-order valence-electron chi connectivity index (χ0n) is 14.4. The maximum Gasteiger partial charge on any atom is 0.241 e. The zero-order valence-corrected chi connectivity index (χ0v) is 15.2. The van der Waals surface area contributed by atoms with E-state index >= 15 is 0 Å². The van der Waals surface area contributed by atoms with Crippen LogP contribution >= 0.6 is 0 Å². The number of nitrogens with zero attached hydrogens (tertiary/aromatic N) is 2. The molecule has 3 aromatic rings. The van der Waals surface area contributed by atoms with Crippen molar-refractivity contribution in [3.8, 4) is 11.6 Å². The first kappa shape index (κ1) is 18.7. The van der Waals surface area contributed by atoms with Gasteiger partial charge in [0.15, 0.2) is 0 Å². The molecule has 0 aliphatic carbocycles. The lowest BCUT2D eigenvalue weighted by molar-refractivity contribution is 0.461. The number of ether oxygens (including phenoxy) is 1. The van der Waals surface area contributed by atoms with Crippen molar-refractivity contribution in [2.45, 2.75) is 11.4 Å². The van der Waals surface area contributed by atoms with Gasteiger partial charge in [0.05, 0.1) is 0 Å². The zero-order chi connectivity index (χ0) is 19.3. The van der Waals surface area contributed by atoms with Gasteiger partial charge in [0.1, 0.15) is 22.3 Å². The fourth-order valence-corrected chi connectivity index (χ4v) is 2.83. The van der Waals surface area contributed by atoms with E-state index in [2.05, 4.69) is 20.0 Å². The number of hydrogen-bond donors (Lipinski definition) is 2. The van der Waals surface area contributed by atoms with Crippen molar-refractivity contribution >= 4 is 15.8 Å². The second kappa shape index (κ2) is 8.11. The maximum atomic E-state index is 12.9. The van der Waals surface area contributed by atoms with Gasteiger partial charge >= 0.3 is 0 Å². The van der Waals surface area contributed by atoms with Crippen molar-refractivity contribution < 1.29 is 17.5 Å². The Morgan fingerprint density at radius 3 is 2.37 bits per heavy atom. The topological polar surface area (TPSA) is 93.2 Å². The van der Waals surface area contributed by atoms with Gasteiger partial charge in [-0.15, -0.1) is 0 Å². The first-order valence-electron chi connectivity index (χ1n) is 7.98. The highest BCUT2D eigenvalue weighted by Crippen LogP contribution is 2.20. The number of aromatic nitrogens is 2. The lowest BCUT2D eigenvalue weighted by Gasteiger charge is -2.08. The summed E-state index contributed by atoms with van der Waals surface area (Å²) in [6.07, 6.45) is 2.93. The Labute approximate surface area is 156 Å². The third kappa shape index (κ3) is 4.99. The van der Waals surface area contributed by atoms with Crippen LogP contribution in [0.4, 0.5) is 10.2 Å². The minimum atomic E-state index is -3.50. The van der Waals surface area contributed by atoms with Crippen molar-refractivity contribution in [3.05, 3.63) is 72.3 Å². The van der Waals surface area contributed by atoms with Crippen molar-refractivity contribution in [1.82, 2.24) is 14.7 Å². The van der Waals surface area contributed by atoms with Gasteiger partial charge in [-0.2, -0.15) is 0 Å². The van der Waals surface area contributed by atoms with Gasteiger partial charge in [0, 0.05) is 25.0 Å². The fraction of sp³-hybridized carbons (Fsp3) is 0.111. The number of rotatable bonds is 7. The van der Waals surface area contributed by atoms with Crippen LogP contribution in [0.1, 0.15) is 5.56 Å². The summed E-state index contributed by atoms with van der Waals surface area (Å²) in [4.78, 5) is 8.38. The molecule has 9 heteroatoms. The molecule has 27 heavy (non-hydrogen) atoms. The van der Waals surface area contributed by atoms with E-state index in [1.165, 1.54) is 43.6 Å². The van der Waals surface area contributed by atoms with Crippen LogP contribution in [-0.2, 0) is 16.6 Å². The van der Waals surface area contributed by atoms with Crippen LogP contribution in [0.25, 0.3) is 0 Å². The molecule has 2 heterocycles. The molecule has 0 unspecified atom stereocenters. The van der Waals surface area contributed by atoms with Gasteiger partial charge < -0.3 is 10.1 Å². The van der Waals surface area contributed by atoms with E-state index < -0.39 is 10.0 Å². The standard InChI is InChI=1S/C18H17FN4O3S/c1-20-27(24,25)16-7-8-17(22-12-16)21-10-13-2-9-18(23-11-13)26-15-5-3-14(19)4-6-15/h2-9,11-12,20H,10H2,1H3,(H,21,22). The number of sulfonamides is 1. The van der Waals surface area contributed by atoms with E-state index in [-0.39, 0.29) is 10.7 Å². The summed E-state index contributed by atoms with van der Waals surface area (Å²) in [7, 11) is -2.15. The molecular formula is C18H17FN4O3S. The molecule has 3 rings (SSSR count).